The molecule has 2 saturated carbocycles. The van der Waals surface area contributed by atoms with Crippen LogP contribution in [0.4, 0.5) is 0 Å². The lowest BCUT2D eigenvalue weighted by Gasteiger charge is -2.47. The van der Waals surface area contributed by atoms with E-state index in [4.69, 9.17) is 0 Å². The largest absolute Gasteiger partial charge is 0.390 e. The van der Waals surface area contributed by atoms with Crippen LogP contribution in [0.1, 0.15) is 33.1 Å². The fourth-order valence-corrected chi connectivity index (χ4v) is 5.66. The van der Waals surface area contributed by atoms with Gasteiger partial charge in [0.1, 0.15) is 0 Å². The molecule has 1 N–H and O–H groups in total. The van der Waals surface area contributed by atoms with Crippen LogP contribution in [0.3, 0.4) is 0 Å². The molecule has 0 radical (unpaired) electrons. The van der Waals surface area contributed by atoms with E-state index in [2.05, 4.69) is 28.9 Å². The SMILES string of the molecule is CC1C2CC(=O)C=CC23CC([C@@H]1Br)C(C)(O)C3. The Morgan fingerprint density at radius 2 is 2.18 bits per heavy atom. The summed E-state index contributed by atoms with van der Waals surface area (Å²) in [5.41, 5.74) is -0.520. The van der Waals surface area contributed by atoms with Crippen molar-refractivity contribution in [2.45, 2.75) is 43.5 Å². The number of fused-ring (bicyclic) bond motifs is 1. The van der Waals surface area contributed by atoms with E-state index in [1.165, 1.54) is 0 Å². The van der Waals surface area contributed by atoms with Gasteiger partial charge in [-0.2, -0.15) is 0 Å². The molecular formula is C14H19BrO2. The summed E-state index contributed by atoms with van der Waals surface area (Å²) in [4.78, 5) is 12.0. The lowest BCUT2D eigenvalue weighted by atomic mass is 9.59. The van der Waals surface area contributed by atoms with Gasteiger partial charge in [-0.3, -0.25) is 4.79 Å². The number of hydrogen-bond acceptors (Lipinski definition) is 2. The van der Waals surface area contributed by atoms with Crippen molar-refractivity contribution in [1.29, 1.82) is 0 Å². The Labute approximate surface area is 111 Å². The van der Waals surface area contributed by atoms with Crippen molar-refractivity contribution in [3.8, 4) is 0 Å². The van der Waals surface area contributed by atoms with Gasteiger partial charge in [0.25, 0.3) is 0 Å². The van der Waals surface area contributed by atoms with Crippen LogP contribution in [0, 0.1) is 23.2 Å². The summed E-state index contributed by atoms with van der Waals surface area (Å²) in [6, 6.07) is 0. The highest BCUT2D eigenvalue weighted by molar-refractivity contribution is 9.09. The second-order valence-corrected chi connectivity index (χ2v) is 7.55. The molecule has 17 heavy (non-hydrogen) atoms. The van der Waals surface area contributed by atoms with Gasteiger partial charge in [-0.05, 0) is 43.1 Å². The van der Waals surface area contributed by atoms with Crippen LogP contribution in [0.15, 0.2) is 12.2 Å². The van der Waals surface area contributed by atoms with Gasteiger partial charge in [0, 0.05) is 17.2 Å². The molecule has 0 aromatic rings. The Morgan fingerprint density at radius 1 is 1.47 bits per heavy atom. The first-order valence-corrected chi connectivity index (χ1v) is 7.36. The van der Waals surface area contributed by atoms with Crippen molar-refractivity contribution in [2.24, 2.45) is 23.2 Å². The molecule has 0 aromatic carbocycles. The molecule has 0 saturated heterocycles. The van der Waals surface area contributed by atoms with Crippen LogP contribution in [-0.4, -0.2) is 21.3 Å². The summed E-state index contributed by atoms with van der Waals surface area (Å²) in [6.45, 7) is 4.18. The smallest absolute Gasteiger partial charge is 0.155 e. The molecule has 3 heteroatoms. The number of carbonyl (C=O) groups excluding carboxylic acids is 1. The minimum Gasteiger partial charge on any atom is -0.390 e. The second-order valence-electron chi connectivity index (χ2n) is 6.49. The first-order chi connectivity index (χ1) is 7.86. The van der Waals surface area contributed by atoms with Crippen molar-refractivity contribution in [3.05, 3.63) is 12.2 Å². The molecule has 2 fully saturated rings. The number of ketones is 1. The molecule has 2 bridgehead atoms. The van der Waals surface area contributed by atoms with Gasteiger partial charge in [0.15, 0.2) is 5.78 Å². The lowest BCUT2D eigenvalue weighted by Crippen LogP contribution is -2.44. The van der Waals surface area contributed by atoms with Crippen LogP contribution in [0.2, 0.25) is 0 Å². The minimum atomic E-state index is -0.595. The molecule has 0 aliphatic heterocycles. The number of carbonyl (C=O) groups is 1. The maximum atomic E-state index is 11.6. The highest BCUT2D eigenvalue weighted by Crippen LogP contribution is 2.64. The van der Waals surface area contributed by atoms with Crippen LogP contribution >= 0.6 is 15.9 Å². The minimum absolute atomic E-state index is 0.0752. The molecular weight excluding hydrogens is 280 g/mol. The predicted molar refractivity (Wildman–Crippen MR) is 69.9 cm³/mol. The number of allylic oxidation sites excluding steroid dienone is 2. The monoisotopic (exact) mass is 298 g/mol. The van der Waals surface area contributed by atoms with Crippen LogP contribution < -0.4 is 0 Å². The molecule has 6 atom stereocenters. The van der Waals surface area contributed by atoms with E-state index in [-0.39, 0.29) is 11.2 Å². The van der Waals surface area contributed by atoms with Crippen molar-refractivity contribution < 1.29 is 9.90 Å². The molecule has 3 rings (SSSR count). The zero-order valence-electron chi connectivity index (χ0n) is 10.3. The van der Waals surface area contributed by atoms with E-state index in [0.717, 1.165) is 12.8 Å². The van der Waals surface area contributed by atoms with Gasteiger partial charge in [-0.15, -0.1) is 0 Å². The fraction of sp³-hybridized carbons (Fsp3) is 0.786. The average molecular weight is 299 g/mol. The number of alkyl halides is 1. The molecule has 2 nitrogen and oxygen atoms in total. The Balaban J connectivity index is 2.08. The molecule has 0 aromatic heterocycles. The molecule has 1 spiro atoms. The average Bonchev–Trinajstić information content (AvgIpc) is 2.49. The summed E-state index contributed by atoms with van der Waals surface area (Å²) in [5.74, 6) is 1.41. The Hall–Kier alpha value is -0.150. The number of halogens is 1. The normalized spacial score (nSPS) is 57.1. The van der Waals surface area contributed by atoms with E-state index in [9.17, 15) is 9.90 Å². The Kier molecular flexibility index (Phi) is 2.41. The van der Waals surface area contributed by atoms with Crippen molar-refractivity contribution in [3.63, 3.8) is 0 Å². The zero-order valence-corrected chi connectivity index (χ0v) is 11.9. The lowest BCUT2D eigenvalue weighted by molar-refractivity contribution is -0.118. The molecule has 3 aliphatic carbocycles. The topological polar surface area (TPSA) is 37.3 Å². The Morgan fingerprint density at radius 3 is 2.88 bits per heavy atom. The van der Waals surface area contributed by atoms with Gasteiger partial charge < -0.3 is 5.11 Å². The maximum Gasteiger partial charge on any atom is 0.155 e. The molecule has 0 amide bonds. The second kappa shape index (κ2) is 3.45. The summed E-state index contributed by atoms with van der Waals surface area (Å²) in [5, 5.41) is 10.6. The van der Waals surface area contributed by atoms with Gasteiger partial charge in [-0.25, -0.2) is 0 Å². The zero-order chi connectivity index (χ0) is 12.4. The fourth-order valence-electron chi connectivity index (χ4n) is 4.53. The van der Waals surface area contributed by atoms with E-state index >= 15 is 0 Å². The highest BCUT2D eigenvalue weighted by atomic mass is 79.9. The standard InChI is InChI=1S/C14H19BrO2/c1-8-10-5-9(16)3-4-14(10)6-11(12(8)15)13(2,17)7-14/h3-4,8,10-12,17H,5-7H2,1-2H3/t8?,10?,11?,12-,13?,14?/m1/s1. The van der Waals surface area contributed by atoms with E-state index in [0.29, 0.717) is 29.0 Å². The van der Waals surface area contributed by atoms with Gasteiger partial charge in [0.2, 0.25) is 0 Å². The third-order valence-electron chi connectivity index (χ3n) is 5.37. The van der Waals surface area contributed by atoms with E-state index in [1.807, 2.05) is 6.92 Å². The van der Waals surface area contributed by atoms with Crippen LogP contribution in [0.25, 0.3) is 0 Å². The van der Waals surface area contributed by atoms with Gasteiger partial charge >= 0.3 is 0 Å². The van der Waals surface area contributed by atoms with Crippen LogP contribution in [-0.2, 0) is 4.79 Å². The summed E-state index contributed by atoms with van der Waals surface area (Å²) >= 11 is 3.77. The molecule has 0 heterocycles. The first-order valence-electron chi connectivity index (χ1n) is 6.44. The third kappa shape index (κ3) is 1.51. The van der Waals surface area contributed by atoms with E-state index in [1.54, 1.807) is 6.08 Å². The number of aliphatic hydroxyl groups is 1. The summed E-state index contributed by atoms with van der Waals surface area (Å²) in [6.07, 6.45) is 6.34. The van der Waals surface area contributed by atoms with Crippen molar-refractivity contribution in [2.75, 3.05) is 0 Å². The highest BCUT2D eigenvalue weighted by Gasteiger charge is 2.62. The predicted octanol–water partition coefficient (Wildman–Crippen LogP) is 2.69. The molecule has 3 aliphatic rings. The number of rotatable bonds is 0. The van der Waals surface area contributed by atoms with Gasteiger partial charge in [-0.1, -0.05) is 28.9 Å². The van der Waals surface area contributed by atoms with Crippen molar-refractivity contribution >= 4 is 21.7 Å². The van der Waals surface area contributed by atoms with Gasteiger partial charge in [0.05, 0.1) is 5.60 Å². The van der Waals surface area contributed by atoms with E-state index < -0.39 is 5.60 Å². The quantitative estimate of drug-likeness (QED) is 0.698. The number of hydrogen-bond donors (Lipinski definition) is 1. The molecule has 94 valence electrons. The van der Waals surface area contributed by atoms with Crippen LogP contribution in [0.5, 0.6) is 0 Å². The summed E-state index contributed by atoms with van der Waals surface area (Å²) in [7, 11) is 0. The van der Waals surface area contributed by atoms with Crippen molar-refractivity contribution in [1.82, 2.24) is 0 Å². The Bertz CT molecular complexity index is 401. The molecule has 5 unspecified atom stereocenters. The third-order valence-corrected chi connectivity index (χ3v) is 6.84. The summed E-state index contributed by atoms with van der Waals surface area (Å²) < 4.78 is 0. The first kappa shape index (κ1) is 11.9. The maximum absolute atomic E-state index is 11.6.